The molecule has 1 fully saturated rings. The zero-order valence-corrected chi connectivity index (χ0v) is 19.8. The molecule has 0 N–H and O–H groups in total. The number of hydrogen-bond acceptors (Lipinski definition) is 6. The number of hydrogen-bond donors (Lipinski definition) is 0. The maximum absolute atomic E-state index is 13.0. The highest BCUT2D eigenvalue weighted by Crippen LogP contribution is 2.40. The van der Waals surface area contributed by atoms with Gasteiger partial charge in [0.05, 0.1) is 21.3 Å². The van der Waals surface area contributed by atoms with Crippen LogP contribution in [0, 0.1) is 0 Å². The minimum absolute atomic E-state index is 0.0367. The van der Waals surface area contributed by atoms with Crippen LogP contribution < -0.4 is 18.9 Å². The Morgan fingerprint density at radius 1 is 0.735 bits per heavy atom. The molecule has 3 aromatic carbocycles. The summed E-state index contributed by atoms with van der Waals surface area (Å²) in [7, 11) is 4.85. The van der Waals surface area contributed by atoms with Crippen LogP contribution in [0.2, 0.25) is 0 Å². The molecule has 0 bridgehead atoms. The molecular weight excluding hydrogens is 432 g/mol. The highest BCUT2D eigenvalue weighted by Gasteiger charge is 2.24. The quantitative estimate of drug-likeness (QED) is 0.493. The molecule has 7 nitrogen and oxygen atoms in total. The lowest BCUT2D eigenvalue weighted by Gasteiger charge is -2.35. The molecule has 0 radical (unpaired) electrons. The SMILES string of the molecule is COc1ccc(CN2CCN(C(=O)c3ccc(Oc4ccccc4)cc3)CC2)c(OC)c1OC. The average molecular weight is 463 g/mol. The maximum Gasteiger partial charge on any atom is 0.253 e. The topological polar surface area (TPSA) is 60.5 Å². The van der Waals surface area contributed by atoms with Gasteiger partial charge in [-0.05, 0) is 42.5 Å². The van der Waals surface area contributed by atoms with E-state index in [9.17, 15) is 4.79 Å². The van der Waals surface area contributed by atoms with E-state index in [4.69, 9.17) is 18.9 Å². The van der Waals surface area contributed by atoms with Gasteiger partial charge >= 0.3 is 0 Å². The van der Waals surface area contributed by atoms with E-state index < -0.39 is 0 Å². The van der Waals surface area contributed by atoms with E-state index in [1.54, 1.807) is 21.3 Å². The van der Waals surface area contributed by atoms with Crippen LogP contribution in [0.4, 0.5) is 0 Å². The van der Waals surface area contributed by atoms with Crippen molar-refractivity contribution in [1.82, 2.24) is 9.80 Å². The Labute approximate surface area is 200 Å². The van der Waals surface area contributed by atoms with Gasteiger partial charge in [0.1, 0.15) is 11.5 Å². The van der Waals surface area contributed by atoms with E-state index in [0.29, 0.717) is 48.2 Å². The van der Waals surface area contributed by atoms with Crippen molar-refractivity contribution in [3.8, 4) is 28.7 Å². The molecule has 3 aromatic rings. The number of piperazine rings is 1. The molecule has 1 saturated heterocycles. The summed E-state index contributed by atoms with van der Waals surface area (Å²) in [6.07, 6.45) is 0. The Hall–Kier alpha value is -3.71. The number of ether oxygens (including phenoxy) is 4. The van der Waals surface area contributed by atoms with Gasteiger partial charge in [-0.1, -0.05) is 24.3 Å². The molecule has 0 saturated carbocycles. The van der Waals surface area contributed by atoms with Crippen LogP contribution in [-0.4, -0.2) is 63.2 Å². The average Bonchev–Trinajstić information content (AvgIpc) is 2.89. The van der Waals surface area contributed by atoms with E-state index >= 15 is 0 Å². The zero-order valence-electron chi connectivity index (χ0n) is 19.8. The van der Waals surface area contributed by atoms with Crippen molar-refractivity contribution >= 4 is 5.91 Å². The Balaban J connectivity index is 1.34. The van der Waals surface area contributed by atoms with Crippen molar-refractivity contribution < 1.29 is 23.7 Å². The number of benzene rings is 3. The molecule has 0 unspecified atom stereocenters. The highest BCUT2D eigenvalue weighted by atomic mass is 16.5. The van der Waals surface area contributed by atoms with Crippen LogP contribution in [0.3, 0.4) is 0 Å². The summed E-state index contributed by atoms with van der Waals surface area (Å²) < 4.78 is 22.3. The van der Waals surface area contributed by atoms with Crippen molar-refractivity contribution in [3.63, 3.8) is 0 Å². The normalized spacial score (nSPS) is 13.9. The van der Waals surface area contributed by atoms with Gasteiger partial charge in [-0.25, -0.2) is 0 Å². The number of amides is 1. The van der Waals surface area contributed by atoms with Crippen LogP contribution in [0.1, 0.15) is 15.9 Å². The zero-order chi connectivity index (χ0) is 23.9. The number of rotatable bonds is 8. The molecule has 4 rings (SSSR count). The lowest BCUT2D eigenvalue weighted by Crippen LogP contribution is -2.48. The summed E-state index contributed by atoms with van der Waals surface area (Å²) in [5, 5.41) is 0. The fourth-order valence-electron chi connectivity index (χ4n) is 4.11. The largest absolute Gasteiger partial charge is 0.493 e. The molecule has 1 aliphatic rings. The lowest BCUT2D eigenvalue weighted by molar-refractivity contribution is 0.0627. The smallest absolute Gasteiger partial charge is 0.253 e. The van der Waals surface area contributed by atoms with Crippen molar-refractivity contribution in [3.05, 3.63) is 77.9 Å². The Bertz CT molecular complexity index is 1090. The van der Waals surface area contributed by atoms with E-state index in [1.807, 2.05) is 71.6 Å². The minimum atomic E-state index is 0.0367. The standard InChI is InChI=1S/C27H30N2O5/c1-31-24-14-11-21(25(32-2)26(24)33-3)19-28-15-17-29(18-16-28)27(30)20-9-12-23(13-10-20)34-22-7-5-4-6-8-22/h4-14H,15-19H2,1-3H3. The summed E-state index contributed by atoms with van der Waals surface area (Å²) in [6, 6.07) is 20.8. The monoisotopic (exact) mass is 462 g/mol. The van der Waals surface area contributed by atoms with Crippen molar-refractivity contribution in [2.45, 2.75) is 6.54 Å². The molecule has 1 heterocycles. The van der Waals surface area contributed by atoms with E-state index in [2.05, 4.69) is 4.90 Å². The second-order valence-corrected chi connectivity index (χ2v) is 8.00. The Morgan fingerprint density at radius 3 is 2.00 bits per heavy atom. The molecule has 178 valence electrons. The second-order valence-electron chi connectivity index (χ2n) is 8.00. The summed E-state index contributed by atoms with van der Waals surface area (Å²) in [5.74, 6) is 3.42. The van der Waals surface area contributed by atoms with Gasteiger partial charge in [0, 0.05) is 43.9 Å². The fourth-order valence-corrected chi connectivity index (χ4v) is 4.11. The number of nitrogens with zero attached hydrogens (tertiary/aromatic N) is 2. The molecule has 0 atom stereocenters. The van der Waals surface area contributed by atoms with Crippen LogP contribution in [0.5, 0.6) is 28.7 Å². The lowest BCUT2D eigenvalue weighted by atomic mass is 10.1. The Morgan fingerprint density at radius 2 is 1.38 bits per heavy atom. The third-order valence-electron chi connectivity index (χ3n) is 5.92. The maximum atomic E-state index is 13.0. The molecule has 0 aliphatic carbocycles. The van der Waals surface area contributed by atoms with E-state index in [0.717, 1.165) is 24.4 Å². The molecule has 1 amide bonds. The van der Waals surface area contributed by atoms with E-state index in [1.165, 1.54) is 0 Å². The summed E-state index contributed by atoms with van der Waals surface area (Å²) in [6.45, 7) is 3.58. The molecule has 34 heavy (non-hydrogen) atoms. The van der Waals surface area contributed by atoms with Crippen molar-refractivity contribution in [1.29, 1.82) is 0 Å². The van der Waals surface area contributed by atoms with Crippen LogP contribution in [-0.2, 0) is 6.54 Å². The first kappa shape index (κ1) is 23.4. The van der Waals surface area contributed by atoms with Gasteiger partial charge in [-0.2, -0.15) is 0 Å². The molecule has 7 heteroatoms. The highest BCUT2D eigenvalue weighted by molar-refractivity contribution is 5.94. The van der Waals surface area contributed by atoms with Crippen LogP contribution in [0.25, 0.3) is 0 Å². The third kappa shape index (κ3) is 5.26. The molecular formula is C27H30N2O5. The molecule has 0 spiro atoms. The first-order valence-corrected chi connectivity index (χ1v) is 11.3. The fraction of sp³-hybridized carbons (Fsp3) is 0.296. The number of carbonyl (C=O) groups is 1. The number of methoxy groups -OCH3 is 3. The van der Waals surface area contributed by atoms with Crippen LogP contribution in [0.15, 0.2) is 66.7 Å². The van der Waals surface area contributed by atoms with Gasteiger partial charge in [0.2, 0.25) is 5.75 Å². The predicted octanol–water partition coefficient (Wildman–Crippen LogP) is 4.46. The second kappa shape index (κ2) is 10.9. The van der Waals surface area contributed by atoms with E-state index in [-0.39, 0.29) is 5.91 Å². The molecule has 1 aliphatic heterocycles. The minimum Gasteiger partial charge on any atom is -0.493 e. The Kier molecular flexibility index (Phi) is 7.54. The van der Waals surface area contributed by atoms with Crippen molar-refractivity contribution in [2.24, 2.45) is 0 Å². The summed E-state index contributed by atoms with van der Waals surface area (Å²) in [4.78, 5) is 17.2. The predicted molar refractivity (Wildman–Crippen MR) is 130 cm³/mol. The van der Waals surface area contributed by atoms with Gasteiger partial charge < -0.3 is 23.8 Å². The number of carbonyl (C=O) groups excluding carboxylic acids is 1. The van der Waals surface area contributed by atoms with Crippen LogP contribution >= 0.6 is 0 Å². The van der Waals surface area contributed by atoms with Gasteiger partial charge in [-0.3, -0.25) is 9.69 Å². The number of para-hydroxylation sites is 1. The first-order valence-electron chi connectivity index (χ1n) is 11.3. The first-order chi connectivity index (χ1) is 16.6. The molecule has 0 aromatic heterocycles. The summed E-state index contributed by atoms with van der Waals surface area (Å²) in [5.41, 5.74) is 1.68. The van der Waals surface area contributed by atoms with Gasteiger partial charge in [0.25, 0.3) is 5.91 Å². The third-order valence-corrected chi connectivity index (χ3v) is 5.92. The van der Waals surface area contributed by atoms with Crippen molar-refractivity contribution in [2.75, 3.05) is 47.5 Å². The van der Waals surface area contributed by atoms with Gasteiger partial charge in [-0.15, -0.1) is 0 Å². The van der Waals surface area contributed by atoms with Gasteiger partial charge in [0.15, 0.2) is 11.5 Å². The summed E-state index contributed by atoms with van der Waals surface area (Å²) >= 11 is 0.